The summed E-state index contributed by atoms with van der Waals surface area (Å²) < 4.78 is 16.5. The number of carbonyl (C=O) groups is 1. The van der Waals surface area contributed by atoms with Crippen LogP contribution in [0.2, 0.25) is 0 Å². The summed E-state index contributed by atoms with van der Waals surface area (Å²) in [4.78, 5) is 14.2. The molecule has 1 heterocycles. The van der Waals surface area contributed by atoms with Gasteiger partial charge in [0, 0.05) is 6.54 Å². The number of methoxy groups -OCH3 is 2. The van der Waals surface area contributed by atoms with E-state index in [0.717, 1.165) is 25.2 Å². The van der Waals surface area contributed by atoms with Crippen molar-refractivity contribution in [1.82, 2.24) is 4.90 Å². The second-order valence-corrected chi connectivity index (χ2v) is 6.90. The van der Waals surface area contributed by atoms with Crippen LogP contribution in [0.15, 0.2) is 42.5 Å². The minimum absolute atomic E-state index is 0.192. The molecule has 0 aliphatic carbocycles. The van der Waals surface area contributed by atoms with Crippen LogP contribution in [0.4, 0.5) is 0 Å². The molecular weight excluding hydrogens is 370 g/mol. The number of carboxylic acid groups (broad SMARTS) is 1. The Balaban J connectivity index is 1.76. The van der Waals surface area contributed by atoms with Crippen molar-refractivity contribution >= 4 is 17.6 Å². The lowest BCUT2D eigenvalue weighted by atomic mass is 10.0. The minimum Gasteiger partial charge on any atom is -0.497 e. The summed E-state index contributed by atoms with van der Waals surface area (Å²) >= 11 is 0. The maximum Gasteiger partial charge on any atom is 0.336 e. The molecule has 1 aliphatic heterocycles. The highest BCUT2D eigenvalue weighted by Gasteiger charge is 2.14. The standard InChI is InChI=1S/C23H27NO5/c1-27-19-8-6-18(7-9-19)20(23(25)26)15-17-5-10-21(22(16-17)28-2)29-14-13-24-11-3-4-12-24/h5-10,15-16H,3-4,11-14H2,1-2H3,(H,25,26)/b20-15-. The van der Waals surface area contributed by atoms with Gasteiger partial charge in [0.05, 0.1) is 19.8 Å². The molecule has 1 saturated heterocycles. The zero-order chi connectivity index (χ0) is 20.6. The van der Waals surface area contributed by atoms with Crippen molar-refractivity contribution < 1.29 is 24.1 Å². The maximum atomic E-state index is 11.8. The first-order chi connectivity index (χ1) is 14.1. The number of rotatable bonds is 9. The van der Waals surface area contributed by atoms with Gasteiger partial charge >= 0.3 is 5.97 Å². The third-order valence-electron chi connectivity index (χ3n) is 4.99. The highest BCUT2D eigenvalue weighted by atomic mass is 16.5. The second-order valence-electron chi connectivity index (χ2n) is 6.90. The first-order valence-corrected chi connectivity index (χ1v) is 9.73. The van der Waals surface area contributed by atoms with Crippen LogP contribution in [0.3, 0.4) is 0 Å². The predicted octanol–water partition coefficient (Wildman–Crippen LogP) is 3.80. The molecule has 2 aromatic carbocycles. The van der Waals surface area contributed by atoms with Crippen LogP contribution in [0.5, 0.6) is 17.2 Å². The van der Waals surface area contributed by atoms with Gasteiger partial charge in [0.15, 0.2) is 11.5 Å². The normalized spacial score (nSPS) is 14.6. The molecule has 0 spiro atoms. The van der Waals surface area contributed by atoms with Crippen LogP contribution in [-0.2, 0) is 4.79 Å². The smallest absolute Gasteiger partial charge is 0.336 e. The Bertz CT molecular complexity index is 854. The molecule has 1 aliphatic rings. The van der Waals surface area contributed by atoms with E-state index in [4.69, 9.17) is 14.2 Å². The summed E-state index contributed by atoms with van der Waals surface area (Å²) in [5, 5.41) is 9.66. The van der Waals surface area contributed by atoms with E-state index in [9.17, 15) is 9.90 Å². The molecule has 0 atom stereocenters. The molecule has 0 bridgehead atoms. The molecule has 6 heteroatoms. The molecule has 3 rings (SSSR count). The van der Waals surface area contributed by atoms with Crippen LogP contribution < -0.4 is 14.2 Å². The quantitative estimate of drug-likeness (QED) is 0.513. The van der Waals surface area contributed by atoms with Crippen molar-refractivity contribution in [3.63, 3.8) is 0 Å². The minimum atomic E-state index is -1.000. The Morgan fingerprint density at radius 3 is 2.38 bits per heavy atom. The summed E-state index contributed by atoms with van der Waals surface area (Å²) in [6, 6.07) is 12.4. The van der Waals surface area contributed by atoms with Gasteiger partial charge < -0.3 is 19.3 Å². The fourth-order valence-electron chi connectivity index (χ4n) is 3.39. The predicted molar refractivity (Wildman–Crippen MR) is 113 cm³/mol. The highest BCUT2D eigenvalue weighted by molar-refractivity contribution is 6.20. The van der Waals surface area contributed by atoms with Crippen molar-refractivity contribution in [3.8, 4) is 17.2 Å². The van der Waals surface area contributed by atoms with Crippen LogP contribution in [0.25, 0.3) is 11.6 Å². The number of carboxylic acids is 1. The average Bonchev–Trinajstić information content (AvgIpc) is 3.26. The van der Waals surface area contributed by atoms with Crippen molar-refractivity contribution in [2.24, 2.45) is 0 Å². The largest absolute Gasteiger partial charge is 0.497 e. The molecule has 2 aromatic rings. The van der Waals surface area contributed by atoms with Gasteiger partial charge in [-0.15, -0.1) is 0 Å². The number of hydrogen-bond donors (Lipinski definition) is 1. The molecule has 154 valence electrons. The van der Waals surface area contributed by atoms with Crippen LogP contribution in [0, 0.1) is 0 Å². The van der Waals surface area contributed by atoms with E-state index in [2.05, 4.69) is 4.90 Å². The zero-order valence-electron chi connectivity index (χ0n) is 16.9. The fraction of sp³-hybridized carbons (Fsp3) is 0.348. The van der Waals surface area contributed by atoms with E-state index < -0.39 is 5.97 Å². The van der Waals surface area contributed by atoms with E-state index in [-0.39, 0.29) is 5.57 Å². The van der Waals surface area contributed by atoms with E-state index in [1.807, 2.05) is 12.1 Å². The van der Waals surface area contributed by atoms with Gasteiger partial charge in [0.2, 0.25) is 0 Å². The van der Waals surface area contributed by atoms with Crippen molar-refractivity contribution in [2.45, 2.75) is 12.8 Å². The summed E-state index contributed by atoms with van der Waals surface area (Å²) in [6.45, 7) is 3.75. The number of likely N-dealkylation sites (tertiary alicyclic amines) is 1. The van der Waals surface area contributed by atoms with Gasteiger partial charge in [-0.3, -0.25) is 4.90 Å². The van der Waals surface area contributed by atoms with E-state index in [1.54, 1.807) is 50.6 Å². The highest BCUT2D eigenvalue weighted by Crippen LogP contribution is 2.30. The number of aliphatic carboxylic acids is 1. The van der Waals surface area contributed by atoms with Crippen LogP contribution in [0.1, 0.15) is 24.0 Å². The third kappa shape index (κ3) is 5.51. The monoisotopic (exact) mass is 397 g/mol. The fourth-order valence-corrected chi connectivity index (χ4v) is 3.39. The third-order valence-corrected chi connectivity index (χ3v) is 4.99. The van der Waals surface area contributed by atoms with Crippen LogP contribution >= 0.6 is 0 Å². The SMILES string of the molecule is COc1ccc(/C(=C/c2ccc(OCCN3CCCC3)c(OC)c2)C(=O)O)cc1. The van der Waals surface area contributed by atoms with Gasteiger partial charge in [-0.1, -0.05) is 18.2 Å². The van der Waals surface area contributed by atoms with E-state index in [1.165, 1.54) is 12.8 Å². The Morgan fingerprint density at radius 2 is 1.76 bits per heavy atom. The van der Waals surface area contributed by atoms with E-state index >= 15 is 0 Å². The molecule has 0 saturated carbocycles. The van der Waals surface area contributed by atoms with Gasteiger partial charge in [-0.25, -0.2) is 4.79 Å². The van der Waals surface area contributed by atoms with Crippen molar-refractivity contribution in [1.29, 1.82) is 0 Å². The molecule has 0 unspecified atom stereocenters. The Hall–Kier alpha value is -2.99. The van der Waals surface area contributed by atoms with Crippen molar-refractivity contribution in [3.05, 3.63) is 53.6 Å². The maximum absolute atomic E-state index is 11.8. The Morgan fingerprint density at radius 1 is 1.03 bits per heavy atom. The van der Waals surface area contributed by atoms with Gasteiger partial charge in [0.1, 0.15) is 12.4 Å². The number of nitrogens with zero attached hydrogens (tertiary/aromatic N) is 1. The van der Waals surface area contributed by atoms with E-state index in [0.29, 0.717) is 29.4 Å². The lowest BCUT2D eigenvalue weighted by Crippen LogP contribution is -2.25. The Labute approximate surface area is 171 Å². The molecule has 1 fully saturated rings. The average molecular weight is 397 g/mol. The van der Waals surface area contributed by atoms with Gasteiger partial charge in [-0.2, -0.15) is 0 Å². The molecule has 0 amide bonds. The molecule has 1 N–H and O–H groups in total. The molecule has 0 aromatic heterocycles. The summed E-state index contributed by atoms with van der Waals surface area (Å²) in [6.07, 6.45) is 4.13. The molecule has 29 heavy (non-hydrogen) atoms. The number of hydrogen-bond acceptors (Lipinski definition) is 5. The van der Waals surface area contributed by atoms with Gasteiger partial charge in [0.25, 0.3) is 0 Å². The second kappa shape index (κ2) is 9.98. The number of ether oxygens (including phenoxy) is 3. The van der Waals surface area contributed by atoms with Crippen molar-refractivity contribution in [2.75, 3.05) is 40.5 Å². The summed E-state index contributed by atoms with van der Waals surface area (Å²) in [7, 11) is 3.15. The molecule has 6 nitrogen and oxygen atoms in total. The van der Waals surface area contributed by atoms with Gasteiger partial charge in [-0.05, 0) is 67.4 Å². The first-order valence-electron chi connectivity index (χ1n) is 9.73. The lowest BCUT2D eigenvalue weighted by molar-refractivity contribution is -0.130. The van der Waals surface area contributed by atoms with Crippen LogP contribution in [-0.4, -0.2) is 56.4 Å². The topological polar surface area (TPSA) is 68.2 Å². The Kier molecular flexibility index (Phi) is 7.14. The molecular formula is C23H27NO5. The summed E-state index contributed by atoms with van der Waals surface area (Å²) in [5.41, 5.74) is 1.52. The number of benzene rings is 2. The zero-order valence-corrected chi connectivity index (χ0v) is 16.9. The first kappa shape index (κ1) is 20.7. The molecule has 0 radical (unpaired) electrons. The summed E-state index contributed by atoms with van der Waals surface area (Å²) in [5.74, 6) is 0.917. The lowest BCUT2D eigenvalue weighted by Gasteiger charge is -2.16.